The van der Waals surface area contributed by atoms with Crippen LogP contribution in [-0.4, -0.2) is 35.5 Å². The molecule has 0 amide bonds. The predicted molar refractivity (Wildman–Crippen MR) is 72.5 cm³/mol. The Bertz CT molecular complexity index is 456. The van der Waals surface area contributed by atoms with E-state index in [4.69, 9.17) is 16.2 Å². The molecule has 0 aromatic heterocycles. The Morgan fingerprint density at radius 3 is 2.63 bits per heavy atom. The molecule has 1 aromatic carbocycles. The van der Waals surface area contributed by atoms with Gasteiger partial charge in [0.1, 0.15) is 11.7 Å². The minimum absolute atomic E-state index is 0.116. The summed E-state index contributed by atoms with van der Waals surface area (Å²) in [4.78, 5) is 2.19. The molecule has 1 fully saturated rings. The fraction of sp³-hybridized carbons (Fsp3) is 0.500. The Balaban J connectivity index is 1.98. The molecule has 0 radical (unpaired) electrons. The van der Waals surface area contributed by atoms with E-state index in [2.05, 4.69) is 4.90 Å². The Morgan fingerprint density at radius 2 is 2.11 bits per heavy atom. The third-order valence-electron chi connectivity index (χ3n) is 3.72. The van der Waals surface area contributed by atoms with Crippen molar-refractivity contribution in [3.63, 3.8) is 0 Å². The summed E-state index contributed by atoms with van der Waals surface area (Å²) in [6, 6.07) is 4.70. The van der Waals surface area contributed by atoms with Crippen LogP contribution in [0.1, 0.15) is 24.0 Å². The standard InChI is InChI=1S/C14H20FN3O/c15-13-7-11(14(16)17)1-2-12(13)8-18-5-3-10(9-19)4-6-18/h1-2,7,10,19H,3-6,8-9H2,(H3,16,17). The van der Waals surface area contributed by atoms with Crippen LogP contribution < -0.4 is 5.73 Å². The zero-order valence-corrected chi connectivity index (χ0v) is 10.9. The SMILES string of the molecule is N=C(N)c1ccc(CN2CCC(CO)CC2)c(F)c1. The molecule has 4 N–H and O–H groups in total. The zero-order valence-electron chi connectivity index (χ0n) is 10.9. The van der Waals surface area contributed by atoms with Gasteiger partial charge >= 0.3 is 0 Å². The topological polar surface area (TPSA) is 73.3 Å². The average Bonchev–Trinajstić information content (AvgIpc) is 2.41. The highest BCUT2D eigenvalue weighted by atomic mass is 19.1. The van der Waals surface area contributed by atoms with Crippen LogP contribution in [0.3, 0.4) is 0 Å². The lowest BCUT2D eigenvalue weighted by Gasteiger charge is -2.31. The number of amidine groups is 1. The van der Waals surface area contributed by atoms with Crippen molar-refractivity contribution >= 4 is 5.84 Å². The van der Waals surface area contributed by atoms with Crippen molar-refractivity contribution in [2.24, 2.45) is 11.7 Å². The van der Waals surface area contributed by atoms with E-state index in [1.165, 1.54) is 6.07 Å². The quantitative estimate of drug-likeness (QED) is 0.568. The number of halogens is 1. The summed E-state index contributed by atoms with van der Waals surface area (Å²) in [6.45, 7) is 2.59. The summed E-state index contributed by atoms with van der Waals surface area (Å²) in [5.41, 5.74) is 6.38. The summed E-state index contributed by atoms with van der Waals surface area (Å²) in [5, 5.41) is 16.4. The minimum atomic E-state index is -0.308. The van der Waals surface area contributed by atoms with Crippen molar-refractivity contribution in [3.05, 3.63) is 35.1 Å². The molecule has 1 heterocycles. The Hall–Kier alpha value is -1.46. The van der Waals surface area contributed by atoms with E-state index < -0.39 is 0 Å². The summed E-state index contributed by atoms with van der Waals surface area (Å²) >= 11 is 0. The van der Waals surface area contributed by atoms with Gasteiger partial charge in [-0.3, -0.25) is 10.3 Å². The first-order valence-corrected chi connectivity index (χ1v) is 6.56. The molecule has 1 saturated heterocycles. The Kier molecular flexibility index (Phi) is 4.50. The van der Waals surface area contributed by atoms with Gasteiger partial charge in [-0.05, 0) is 37.9 Å². The Labute approximate surface area is 112 Å². The average molecular weight is 265 g/mol. The molecule has 0 aliphatic carbocycles. The van der Waals surface area contributed by atoms with Crippen LogP contribution in [0.4, 0.5) is 4.39 Å². The van der Waals surface area contributed by atoms with Gasteiger partial charge in [0.15, 0.2) is 0 Å². The first-order valence-electron chi connectivity index (χ1n) is 6.56. The minimum Gasteiger partial charge on any atom is -0.396 e. The maximum absolute atomic E-state index is 13.9. The number of nitrogens with zero attached hydrogens (tertiary/aromatic N) is 1. The van der Waals surface area contributed by atoms with Gasteiger partial charge in [-0.2, -0.15) is 0 Å². The van der Waals surface area contributed by atoms with Gasteiger partial charge in [-0.15, -0.1) is 0 Å². The lowest BCUT2D eigenvalue weighted by molar-refractivity contribution is 0.126. The van der Waals surface area contributed by atoms with Crippen LogP contribution in [-0.2, 0) is 6.54 Å². The molecule has 0 spiro atoms. The van der Waals surface area contributed by atoms with E-state index in [-0.39, 0.29) is 18.3 Å². The molecule has 2 rings (SSSR count). The number of benzene rings is 1. The van der Waals surface area contributed by atoms with Gasteiger partial charge in [-0.1, -0.05) is 12.1 Å². The van der Waals surface area contributed by atoms with E-state index in [1.54, 1.807) is 12.1 Å². The van der Waals surface area contributed by atoms with Crippen molar-refractivity contribution in [1.29, 1.82) is 5.41 Å². The van der Waals surface area contributed by atoms with Gasteiger partial charge in [0.2, 0.25) is 0 Å². The van der Waals surface area contributed by atoms with E-state index >= 15 is 0 Å². The van der Waals surface area contributed by atoms with Crippen molar-refractivity contribution in [2.45, 2.75) is 19.4 Å². The number of piperidine rings is 1. The fourth-order valence-corrected chi connectivity index (χ4v) is 2.41. The second kappa shape index (κ2) is 6.12. The van der Waals surface area contributed by atoms with Gasteiger partial charge in [0, 0.05) is 24.3 Å². The second-order valence-corrected chi connectivity index (χ2v) is 5.12. The fourth-order valence-electron chi connectivity index (χ4n) is 2.41. The van der Waals surface area contributed by atoms with Gasteiger partial charge in [-0.25, -0.2) is 4.39 Å². The number of rotatable bonds is 4. The Morgan fingerprint density at radius 1 is 1.42 bits per heavy atom. The maximum atomic E-state index is 13.9. The lowest BCUT2D eigenvalue weighted by atomic mass is 9.97. The van der Waals surface area contributed by atoms with Crippen LogP contribution in [0.2, 0.25) is 0 Å². The lowest BCUT2D eigenvalue weighted by Crippen LogP contribution is -2.34. The number of hydrogen-bond donors (Lipinski definition) is 3. The molecule has 5 heteroatoms. The highest BCUT2D eigenvalue weighted by molar-refractivity contribution is 5.94. The van der Waals surface area contributed by atoms with Crippen LogP contribution >= 0.6 is 0 Å². The van der Waals surface area contributed by atoms with E-state index in [0.29, 0.717) is 23.6 Å². The number of hydrogen-bond acceptors (Lipinski definition) is 3. The van der Waals surface area contributed by atoms with E-state index in [9.17, 15) is 4.39 Å². The molecule has 0 bridgehead atoms. The first kappa shape index (κ1) is 14.0. The monoisotopic (exact) mass is 265 g/mol. The number of nitrogens with one attached hydrogen (secondary N) is 1. The second-order valence-electron chi connectivity index (χ2n) is 5.12. The van der Waals surface area contributed by atoms with Crippen molar-refractivity contribution in [3.8, 4) is 0 Å². The van der Waals surface area contributed by atoms with E-state index in [0.717, 1.165) is 25.9 Å². The zero-order chi connectivity index (χ0) is 13.8. The van der Waals surface area contributed by atoms with E-state index in [1.807, 2.05) is 0 Å². The number of likely N-dealkylation sites (tertiary alicyclic amines) is 1. The molecule has 4 nitrogen and oxygen atoms in total. The largest absolute Gasteiger partial charge is 0.396 e. The van der Waals surface area contributed by atoms with Crippen LogP contribution in [0.15, 0.2) is 18.2 Å². The number of nitrogens with two attached hydrogens (primary N) is 1. The number of aliphatic hydroxyl groups excluding tert-OH is 1. The van der Waals surface area contributed by atoms with Gasteiger partial charge < -0.3 is 10.8 Å². The number of aliphatic hydroxyl groups is 1. The van der Waals surface area contributed by atoms with Gasteiger partial charge in [0.25, 0.3) is 0 Å². The predicted octanol–water partition coefficient (Wildman–Crippen LogP) is 1.31. The molecule has 0 unspecified atom stereocenters. The number of nitrogen functional groups attached to an aromatic ring is 1. The molecule has 0 saturated carbocycles. The van der Waals surface area contributed by atoms with Gasteiger partial charge in [0.05, 0.1) is 0 Å². The smallest absolute Gasteiger partial charge is 0.128 e. The van der Waals surface area contributed by atoms with Crippen molar-refractivity contribution in [1.82, 2.24) is 4.90 Å². The summed E-state index contributed by atoms with van der Waals surface area (Å²) < 4.78 is 13.9. The molecule has 1 aliphatic heterocycles. The van der Waals surface area contributed by atoms with Crippen LogP contribution in [0, 0.1) is 17.1 Å². The molecule has 1 aromatic rings. The maximum Gasteiger partial charge on any atom is 0.128 e. The third-order valence-corrected chi connectivity index (χ3v) is 3.72. The van der Waals surface area contributed by atoms with Crippen molar-refractivity contribution < 1.29 is 9.50 Å². The molecule has 1 aliphatic rings. The molecular formula is C14H20FN3O. The normalized spacial score (nSPS) is 17.6. The van der Waals surface area contributed by atoms with Crippen LogP contribution in [0.25, 0.3) is 0 Å². The summed E-state index contributed by atoms with van der Waals surface area (Å²) in [6.07, 6.45) is 1.92. The summed E-state index contributed by atoms with van der Waals surface area (Å²) in [5.74, 6) is -0.0348. The molecular weight excluding hydrogens is 245 g/mol. The van der Waals surface area contributed by atoms with Crippen molar-refractivity contribution in [2.75, 3.05) is 19.7 Å². The molecule has 104 valence electrons. The third kappa shape index (κ3) is 3.52. The highest BCUT2D eigenvalue weighted by Crippen LogP contribution is 2.20. The first-order chi connectivity index (χ1) is 9.10. The molecule has 0 atom stereocenters. The van der Waals surface area contributed by atoms with Crippen LogP contribution in [0.5, 0.6) is 0 Å². The highest BCUT2D eigenvalue weighted by Gasteiger charge is 2.19. The molecule has 19 heavy (non-hydrogen) atoms. The summed E-state index contributed by atoms with van der Waals surface area (Å²) in [7, 11) is 0.